The lowest BCUT2D eigenvalue weighted by molar-refractivity contribution is 0.0786. The molecule has 96 valence electrons. The molecule has 2 rings (SSSR count). The van der Waals surface area contributed by atoms with E-state index in [1.54, 1.807) is 29.4 Å². The Morgan fingerprint density at radius 3 is 3.00 bits per heavy atom. The molecule has 0 spiro atoms. The van der Waals surface area contributed by atoms with E-state index in [0.717, 1.165) is 9.35 Å². The zero-order valence-corrected chi connectivity index (χ0v) is 12.5. The van der Waals surface area contributed by atoms with Gasteiger partial charge in [-0.15, -0.1) is 11.3 Å². The molecule has 4 nitrogen and oxygen atoms in total. The van der Waals surface area contributed by atoms with Crippen LogP contribution in [0.1, 0.15) is 20.9 Å². The summed E-state index contributed by atoms with van der Waals surface area (Å²) in [7, 11) is 1.74. The Hall–Kier alpha value is -1.71. The highest BCUT2D eigenvalue weighted by atomic mass is 79.9. The van der Waals surface area contributed by atoms with Gasteiger partial charge in [-0.1, -0.05) is 0 Å². The normalized spacial score (nSPS) is 9.95. The Labute approximate surface area is 123 Å². The molecule has 2 aromatic rings. The summed E-state index contributed by atoms with van der Waals surface area (Å²) in [5, 5.41) is 10.8. The van der Waals surface area contributed by atoms with Crippen LogP contribution in [-0.4, -0.2) is 22.8 Å². The third-order valence-corrected chi connectivity index (χ3v) is 4.17. The molecule has 2 aromatic heterocycles. The van der Waals surface area contributed by atoms with E-state index in [1.165, 1.54) is 12.3 Å². The van der Waals surface area contributed by atoms with Gasteiger partial charge in [0, 0.05) is 33.5 Å². The molecule has 0 bridgehead atoms. The van der Waals surface area contributed by atoms with Gasteiger partial charge in [0.2, 0.25) is 0 Å². The topological polar surface area (TPSA) is 57.0 Å². The molecule has 0 saturated carbocycles. The zero-order valence-electron chi connectivity index (χ0n) is 10.1. The van der Waals surface area contributed by atoms with E-state index in [2.05, 4.69) is 20.9 Å². The van der Waals surface area contributed by atoms with Gasteiger partial charge in [0.25, 0.3) is 5.91 Å². The van der Waals surface area contributed by atoms with Crippen molar-refractivity contribution < 1.29 is 4.79 Å². The molecule has 0 aliphatic rings. The van der Waals surface area contributed by atoms with E-state index < -0.39 is 0 Å². The third-order valence-electron chi connectivity index (χ3n) is 2.48. The Morgan fingerprint density at radius 1 is 1.58 bits per heavy atom. The summed E-state index contributed by atoms with van der Waals surface area (Å²) in [5.74, 6) is -0.122. The summed E-state index contributed by atoms with van der Waals surface area (Å²) in [6.07, 6.45) is 1.47. The number of carbonyl (C=O) groups excluding carboxylic acids is 1. The van der Waals surface area contributed by atoms with Crippen LogP contribution >= 0.6 is 27.3 Å². The number of pyridine rings is 1. The average molecular weight is 336 g/mol. The Kier molecular flexibility index (Phi) is 4.30. The number of carbonyl (C=O) groups is 1. The smallest absolute Gasteiger partial charge is 0.254 e. The van der Waals surface area contributed by atoms with Gasteiger partial charge in [-0.05, 0) is 34.1 Å². The van der Waals surface area contributed by atoms with Crippen LogP contribution in [0.5, 0.6) is 0 Å². The first kappa shape index (κ1) is 13.7. The van der Waals surface area contributed by atoms with Gasteiger partial charge in [-0.2, -0.15) is 5.26 Å². The molecule has 0 atom stereocenters. The average Bonchev–Trinajstić information content (AvgIpc) is 2.83. The number of hydrogen-bond acceptors (Lipinski definition) is 4. The molecule has 0 saturated heterocycles. The second-order valence-corrected chi connectivity index (χ2v) is 5.85. The molecule has 0 unspecified atom stereocenters. The molecule has 0 N–H and O–H groups in total. The van der Waals surface area contributed by atoms with Crippen LogP contribution in [0.4, 0.5) is 0 Å². The molecular formula is C13H10BrN3OS. The predicted octanol–water partition coefficient (Wildman–Crippen LogP) is 3.05. The van der Waals surface area contributed by atoms with Crippen molar-refractivity contribution in [2.45, 2.75) is 6.54 Å². The summed E-state index contributed by atoms with van der Waals surface area (Å²) >= 11 is 4.98. The summed E-state index contributed by atoms with van der Waals surface area (Å²) in [5.41, 5.74) is 0.725. The molecule has 0 aliphatic heterocycles. The molecule has 0 aromatic carbocycles. The highest BCUT2D eigenvalue weighted by Gasteiger charge is 2.13. The van der Waals surface area contributed by atoms with Crippen molar-refractivity contribution >= 4 is 33.2 Å². The van der Waals surface area contributed by atoms with Crippen molar-refractivity contribution in [3.05, 3.63) is 50.4 Å². The first-order valence-corrected chi connectivity index (χ1v) is 7.12. The maximum Gasteiger partial charge on any atom is 0.254 e. The minimum atomic E-state index is -0.122. The fourth-order valence-electron chi connectivity index (χ4n) is 1.59. The van der Waals surface area contributed by atoms with E-state index >= 15 is 0 Å². The van der Waals surface area contributed by atoms with Gasteiger partial charge in [-0.3, -0.25) is 4.79 Å². The number of aromatic nitrogens is 1. The molecule has 19 heavy (non-hydrogen) atoms. The number of rotatable bonds is 3. The largest absolute Gasteiger partial charge is 0.337 e. The van der Waals surface area contributed by atoms with Crippen molar-refractivity contribution in [2.24, 2.45) is 0 Å². The minimum Gasteiger partial charge on any atom is -0.337 e. The van der Waals surface area contributed by atoms with Crippen molar-refractivity contribution in [1.82, 2.24) is 9.88 Å². The summed E-state index contributed by atoms with van der Waals surface area (Å²) in [6.45, 7) is 0.541. The second-order valence-electron chi connectivity index (χ2n) is 3.93. The van der Waals surface area contributed by atoms with Crippen molar-refractivity contribution in [1.29, 1.82) is 5.26 Å². The molecular weight excluding hydrogens is 326 g/mol. The quantitative estimate of drug-likeness (QED) is 0.866. The molecule has 1 amide bonds. The van der Waals surface area contributed by atoms with Crippen LogP contribution in [0.2, 0.25) is 0 Å². The van der Waals surface area contributed by atoms with Gasteiger partial charge in [0.15, 0.2) is 0 Å². The van der Waals surface area contributed by atoms with Crippen LogP contribution in [0.25, 0.3) is 0 Å². The maximum atomic E-state index is 12.2. The SMILES string of the molecule is CN(Cc1cc(Br)cs1)C(=O)c1ccnc(C#N)c1. The lowest BCUT2D eigenvalue weighted by atomic mass is 10.2. The van der Waals surface area contributed by atoms with Crippen LogP contribution in [0, 0.1) is 11.3 Å². The summed E-state index contributed by atoms with van der Waals surface area (Å²) in [4.78, 5) is 18.8. The van der Waals surface area contributed by atoms with E-state index in [0.29, 0.717) is 12.1 Å². The predicted molar refractivity (Wildman–Crippen MR) is 76.8 cm³/mol. The van der Waals surface area contributed by atoms with Gasteiger partial charge >= 0.3 is 0 Å². The first-order chi connectivity index (χ1) is 9.10. The number of thiophene rings is 1. The van der Waals surface area contributed by atoms with Crippen LogP contribution in [-0.2, 0) is 6.54 Å². The highest BCUT2D eigenvalue weighted by Crippen LogP contribution is 2.21. The zero-order chi connectivity index (χ0) is 13.8. The van der Waals surface area contributed by atoms with Gasteiger partial charge in [0.1, 0.15) is 11.8 Å². The molecule has 0 aliphatic carbocycles. The van der Waals surface area contributed by atoms with Crippen LogP contribution < -0.4 is 0 Å². The fraction of sp³-hybridized carbons (Fsp3) is 0.154. The van der Waals surface area contributed by atoms with Crippen molar-refractivity contribution in [3.8, 4) is 6.07 Å². The van der Waals surface area contributed by atoms with E-state index in [4.69, 9.17) is 5.26 Å². The van der Waals surface area contributed by atoms with E-state index in [9.17, 15) is 4.79 Å². The Bertz CT molecular complexity index is 647. The minimum absolute atomic E-state index is 0.122. The van der Waals surface area contributed by atoms with Crippen molar-refractivity contribution in [2.75, 3.05) is 7.05 Å². The Balaban J connectivity index is 2.12. The Morgan fingerprint density at radius 2 is 2.37 bits per heavy atom. The van der Waals surface area contributed by atoms with Gasteiger partial charge in [0.05, 0.1) is 6.54 Å². The summed E-state index contributed by atoms with van der Waals surface area (Å²) < 4.78 is 1.02. The molecule has 0 fully saturated rings. The standard InChI is InChI=1S/C13H10BrN3OS/c1-17(7-12-5-10(14)8-19-12)13(18)9-2-3-16-11(4-9)6-15/h2-5,8H,7H2,1H3. The van der Waals surface area contributed by atoms with E-state index in [1.807, 2.05) is 17.5 Å². The van der Waals surface area contributed by atoms with Crippen LogP contribution in [0.3, 0.4) is 0 Å². The molecule has 2 heterocycles. The number of halogens is 1. The molecule has 0 radical (unpaired) electrons. The number of nitriles is 1. The number of hydrogen-bond donors (Lipinski definition) is 0. The highest BCUT2D eigenvalue weighted by molar-refractivity contribution is 9.10. The fourth-order valence-corrected chi connectivity index (χ4v) is 3.09. The lowest BCUT2D eigenvalue weighted by Gasteiger charge is -2.16. The number of amides is 1. The lowest BCUT2D eigenvalue weighted by Crippen LogP contribution is -2.25. The first-order valence-electron chi connectivity index (χ1n) is 5.44. The van der Waals surface area contributed by atoms with Gasteiger partial charge in [-0.25, -0.2) is 4.98 Å². The number of nitrogens with zero attached hydrogens (tertiary/aromatic N) is 3. The summed E-state index contributed by atoms with van der Waals surface area (Å²) in [6, 6.07) is 7.03. The second kappa shape index (κ2) is 5.95. The van der Waals surface area contributed by atoms with Gasteiger partial charge < -0.3 is 4.90 Å². The van der Waals surface area contributed by atoms with Crippen molar-refractivity contribution in [3.63, 3.8) is 0 Å². The molecule has 6 heteroatoms. The third kappa shape index (κ3) is 3.40. The maximum absolute atomic E-state index is 12.2. The van der Waals surface area contributed by atoms with Crippen LogP contribution in [0.15, 0.2) is 34.2 Å². The van der Waals surface area contributed by atoms with E-state index in [-0.39, 0.29) is 11.6 Å². The monoisotopic (exact) mass is 335 g/mol.